The predicted octanol–water partition coefficient (Wildman–Crippen LogP) is 2.94. The number of benzene rings is 1. The molecule has 0 spiro atoms. The largest absolute Gasteiger partial charge is 0.399 e. The molecule has 1 aromatic heterocycles. The molecular formula is C13H16ClN5. The van der Waals surface area contributed by atoms with E-state index >= 15 is 0 Å². The van der Waals surface area contributed by atoms with Crippen LogP contribution in [-0.4, -0.2) is 20.2 Å². The molecule has 0 bridgehead atoms. The van der Waals surface area contributed by atoms with Crippen LogP contribution in [0.15, 0.2) is 18.2 Å². The second kappa shape index (κ2) is 4.81. The van der Waals surface area contributed by atoms with Crippen molar-refractivity contribution in [3.05, 3.63) is 23.2 Å². The highest BCUT2D eigenvalue weighted by molar-refractivity contribution is 6.33. The van der Waals surface area contributed by atoms with Gasteiger partial charge in [-0.1, -0.05) is 18.5 Å². The van der Waals surface area contributed by atoms with E-state index in [2.05, 4.69) is 22.4 Å². The first-order valence-corrected chi connectivity index (χ1v) is 6.86. The molecule has 2 aromatic rings. The normalized spacial score (nSPS) is 22.8. The van der Waals surface area contributed by atoms with E-state index in [4.69, 9.17) is 17.3 Å². The lowest BCUT2D eigenvalue weighted by Crippen LogP contribution is -2.09. The van der Waals surface area contributed by atoms with Crippen molar-refractivity contribution in [3.63, 3.8) is 0 Å². The summed E-state index contributed by atoms with van der Waals surface area (Å²) >= 11 is 6.24. The Balaban J connectivity index is 2.00. The van der Waals surface area contributed by atoms with Crippen LogP contribution >= 0.6 is 11.6 Å². The number of anilines is 1. The van der Waals surface area contributed by atoms with Crippen LogP contribution in [0.25, 0.3) is 11.4 Å². The SMILES string of the molecule is CC1CCC(n2nnnc2-c2ccc(N)cc2Cl)C1. The molecule has 3 rings (SSSR count). The summed E-state index contributed by atoms with van der Waals surface area (Å²) in [7, 11) is 0. The highest BCUT2D eigenvalue weighted by atomic mass is 35.5. The van der Waals surface area contributed by atoms with Crippen molar-refractivity contribution in [1.29, 1.82) is 0 Å². The van der Waals surface area contributed by atoms with E-state index in [1.165, 1.54) is 6.42 Å². The van der Waals surface area contributed by atoms with Crippen molar-refractivity contribution in [2.75, 3.05) is 5.73 Å². The molecule has 6 heteroatoms. The van der Waals surface area contributed by atoms with Crippen molar-refractivity contribution in [3.8, 4) is 11.4 Å². The molecule has 1 fully saturated rings. The minimum Gasteiger partial charge on any atom is -0.399 e. The average molecular weight is 278 g/mol. The molecule has 1 aromatic carbocycles. The summed E-state index contributed by atoms with van der Waals surface area (Å²) in [5.74, 6) is 1.45. The van der Waals surface area contributed by atoms with Crippen molar-refractivity contribution < 1.29 is 0 Å². The van der Waals surface area contributed by atoms with Gasteiger partial charge in [-0.15, -0.1) is 5.10 Å². The minimum absolute atomic E-state index is 0.369. The number of halogens is 1. The highest BCUT2D eigenvalue weighted by Crippen LogP contribution is 2.37. The molecule has 2 N–H and O–H groups in total. The van der Waals surface area contributed by atoms with Crippen LogP contribution in [0.5, 0.6) is 0 Å². The number of hydrogen-bond acceptors (Lipinski definition) is 4. The Hall–Kier alpha value is -1.62. The maximum atomic E-state index is 6.24. The van der Waals surface area contributed by atoms with Gasteiger partial charge in [0.15, 0.2) is 5.82 Å². The lowest BCUT2D eigenvalue weighted by Gasteiger charge is -2.12. The van der Waals surface area contributed by atoms with E-state index in [0.29, 0.717) is 16.8 Å². The van der Waals surface area contributed by atoms with Gasteiger partial charge < -0.3 is 5.73 Å². The lowest BCUT2D eigenvalue weighted by molar-refractivity contribution is 0.443. The summed E-state index contributed by atoms with van der Waals surface area (Å²) in [4.78, 5) is 0. The summed E-state index contributed by atoms with van der Waals surface area (Å²) in [5.41, 5.74) is 7.19. The molecule has 2 unspecified atom stereocenters. The zero-order chi connectivity index (χ0) is 13.4. The first kappa shape index (κ1) is 12.4. The Morgan fingerprint density at radius 3 is 2.89 bits per heavy atom. The standard InChI is InChI=1S/C13H16ClN5/c1-8-2-4-10(6-8)19-13(16-17-18-19)11-5-3-9(15)7-12(11)14/h3,5,7-8,10H,2,4,6,15H2,1H3. The Morgan fingerprint density at radius 1 is 1.37 bits per heavy atom. The molecule has 0 saturated heterocycles. The second-order valence-electron chi connectivity index (χ2n) is 5.26. The Kier molecular flexibility index (Phi) is 3.14. The molecule has 1 aliphatic carbocycles. The Morgan fingerprint density at radius 2 is 2.21 bits per heavy atom. The third-order valence-corrected chi connectivity index (χ3v) is 4.05. The first-order chi connectivity index (χ1) is 9.15. The fourth-order valence-electron chi connectivity index (χ4n) is 2.73. The van der Waals surface area contributed by atoms with Crippen LogP contribution in [-0.2, 0) is 0 Å². The van der Waals surface area contributed by atoms with Crippen LogP contribution in [0.3, 0.4) is 0 Å². The third-order valence-electron chi connectivity index (χ3n) is 3.74. The molecule has 1 saturated carbocycles. The average Bonchev–Trinajstić information content (AvgIpc) is 2.97. The molecule has 2 atom stereocenters. The van der Waals surface area contributed by atoms with Gasteiger partial charge in [-0.3, -0.25) is 0 Å². The molecule has 0 amide bonds. The van der Waals surface area contributed by atoms with E-state index in [-0.39, 0.29) is 0 Å². The Labute approximate surface area is 116 Å². The van der Waals surface area contributed by atoms with Gasteiger partial charge in [0.05, 0.1) is 11.1 Å². The third kappa shape index (κ3) is 2.30. The van der Waals surface area contributed by atoms with Gasteiger partial charge in [0.25, 0.3) is 0 Å². The lowest BCUT2D eigenvalue weighted by atomic mass is 10.1. The fourth-order valence-corrected chi connectivity index (χ4v) is 3.00. The van der Waals surface area contributed by atoms with E-state index in [1.807, 2.05) is 16.8 Å². The molecule has 0 aliphatic heterocycles. The molecule has 0 radical (unpaired) electrons. The topological polar surface area (TPSA) is 69.6 Å². The molecule has 19 heavy (non-hydrogen) atoms. The maximum absolute atomic E-state index is 6.24. The van der Waals surface area contributed by atoms with Crippen LogP contribution in [0, 0.1) is 5.92 Å². The fraction of sp³-hybridized carbons (Fsp3) is 0.462. The van der Waals surface area contributed by atoms with E-state index < -0.39 is 0 Å². The van der Waals surface area contributed by atoms with E-state index in [0.717, 1.165) is 30.1 Å². The number of aromatic nitrogens is 4. The van der Waals surface area contributed by atoms with Crippen LogP contribution in [0.4, 0.5) is 5.69 Å². The van der Waals surface area contributed by atoms with Gasteiger partial charge in [0.1, 0.15) is 0 Å². The van der Waals surface area contributed by atoms with Gasteiger partial charge in [-0.05, 0) is 53.8 Å². The molecular weight excluding hydrogens is 262 g/mol. The summed E-state index contributed by atoms with van der Waals surface area (Å²) < 4.78 is 1.90. The number of tetrazole rings is 1. The van der Waals surface area contributed by atoms with Gasteiger partial charge >= 0.3 is 0 Å². The van der Waals surface area contributed by atoms with Gasteiger partial charge in [-0.25, -0.2) is 4.68 Å². The number of hydrogen-bond donors (Lipinski definition) is 1. The van der Waals surface area contributed by atoms with Crippen LogP contribution in [0.1, 0.15) is 32.2 Å². The Bertz CT molecular complexity index is 594. The van der Waals surface area contributed by atoms with Crippen molar-refractivity contribution in [2.24, 2.45) is 5.92 Å². The van der Waals surface area contributed by atoms with Crippen molar-refractivity contribution in [1.82, 2.24) is 20.2 Å². The predicted molar refractivity (Wildman–Crippen MR) is 74.7 cm³/mol. The van der Waals surface area contributed by atoms with Crippen LogP contribution < -0.4 is 5.73 Å². The zero-order valence-electron chi connectivity index (χ0n) is 10.8. The molecule has 5 nitrogen and oxygen atoms in total. The molecule has 100 valence electrons. The minimum atomic E-state index is 0.369. The van der Waals surface area contributed by atoms with Crippen LogP contribution in [0.2, 0.25) is 5.02 Å². The number of rotatable bonds is 2. The highest BCUT2D eigenvalue weighted by Gasteiger charge is 2.27. The van der Waals surface area contributed by atoms with Crippen molar-refractivity contribution >= 4 is 17.3 Å². The zero-order valence-corrected chi connectivity index (χ0v) is 11.5. The summed E-state index contributed by atoms with van der Waals surface area (Å²) in [6, 6.07) is 5.79. The molecule has 1 heterocycles. The summed E-state index contributed by atoms with van der Waals surface area (Å²) in [6.45, 7) is 2.26. The number of nitrogens with two attached hydrogens (primary N) is 1. The van der Waals surface area contributed by atoms with E-state index in [1.54, 1.807) is 6.07 Å². The van der Waals surface area contributed by atoms with Crippen molar-refractivity contribution in [2.45, 2.75) is 32.2 Å². The molecule has 1 aliphatic rings. The van der Waals surface area contributed by atoms with Gasteiger partial charge in [-0.2, -0.15) is 0 Å². The first-order valence-electron chi connectivity index (χ1n) is 6.48. The van der Waals surface area contributed by atoms with Gasteiger partial charge in [0.2, 0.25) is 0 Å². The quantitative estimate of drug-likeness (QED) is 0.857. The smallest absolute Gasteiger partial charge is 0.183 e. The number of nitrogen functional groups attached to an aromatic ring is 1. The number of nitrogens with zero attached hydrogens (tertiary/aromatic N) is 4. The monoisotopic (exact) mass is 277 g/mol. The summed E-state index contributed by atoms with van der Waals surface area (Å²) in [5, 5.41) is 12.7. The second-order valence-corrected chi connectivity index (χ2v) is 5.67. The summed E-state index contributed by atoms with van der Waals surface area (Å²) in [6.07, 6.45) is 3.45. The van der Waals surface area contributed by atoms with Gasteiger partial charge in [0, 0.05) is 11.3 Å². The van der Waals surface area contributed by atoms with E-state index in [9.17, 15) is 0 Å². The maximum Gasteiger partial charge on any atom is 0.183 e.